The molecular weight excluding hydrogens is 332 g/mol. The van der Waals surface area contributed by atoms with Crippen LogP contribution < -0.4 is 10.1 Å². The smallest absolute Gasteiger partial charge is 0.312 e. The molecule has 2 rings (SSSR count). The number of hydrogen-bond acceptors (Lipinski definition) is 4. The zero-order chi connectivity index (χ0) is 17.5. The van der Waals surface area contributed by atoms with Crippen molar-refractivity contribution in [1.82, 2.24) is 5.32 Å². The van der Waals surface area contributed by atoms with Gasteiger partial charge in [0, 0.05) is 17.6 Å². The molecule has 0 aliphatic heterocycles. The van der Waals surface area contributed by atoms with Crippen LogP contribution >= 0.6 is 11.6 Å². The van der Waals surface area contributed by atoms with Gasteiger partial charge >= 0.3 is 5.69 Å². The van der Waals surface area contributed by atoms with Crippen LogP contribution in [0.15, 0.2) is 42.5 Å². The highest BCUT2D eigenvalue weighted by molar-refractivity contribution is 6.30. The summed E-state index contributed by atoms with van der Waals surface area (Å²) in [5.74, 6) is -0.328. The molecule has 0 saturated carbocycles. The van der Waals surface area contributed by atoms with Gasteiger partial charge in [-0.2, -0.15) is 0 Å². The first-order chi connectivity index (χ1) is 11.5. The normalized spacial score (nSPS) is 10.2. The molecule has 0 saturated heterocycles. The third-order valence-electron chi connectivity index (χ3n) is 3.45. The molecule has 0 aliphatic rings. The summed E-state index contributed by atoms with van der Waals surface area (Å²) in [4.78, 5) is 22.2. The van der Waals surface area contributed by atoms with Gasteiger partial charge in [-0.15, -0.1) is 0 Å². The SMILES string of the molecule is Cc1ccccc1CCNC(=O)COc1ccc(Cl)cc1[N+](=O)[O-]. The minimum Gasteiger partial charge on any atom is -0.477 e. The monoisotopic (exact) mass is 348 g/mol. The third kappa shape index (κ3) is 4.96. The van der Waals surface area contributed by atoms with Gasteiger partial charge in [0.1, 0.15) is 0 Å². The number of nitro benzene ring substituents is 1. The van der Waals surface area contributed by atoms with E-state index in [-0.39, 0.29) is 29.0 Å². The highest BCUT2D eigenvalue weighted by Crippen LogP contribution is 2.29. The van der Waals surface area contributed by atoms with E-state index in [4.69, 9.17) is 16.3 Å². The Kier molecular flexibility index (Phi) is 6.14. The molecule has 0 unspecified atom stereocenters. The van der Waals surface area contributed by atoms with Crippen molar-refractivity contribution in [1.29, 1.82) is 0 Å². The van der Waals surface area contributed by atoms with Crippen molar-refractivity contribution in [2.24, 2.45) is 0 Å². The number of ether oxygens (including phenoxy) is 1. The van der Waals surface area contributed by atoms with Crippen LogP contribution in [0.1, 0.15) is 11.1 Å². The fourth-order valence-electron chi connectivity index (χ4n) is 2.18. The van der Waals surface area contributed by atoms with E-state index in [0.29, 0.717) is 13.0 Å². The van der Waals surface area contributed by atoms with Gasteiger partial charge in [-0.1, -0.05) is 35.9 Å². The lowest BCUT2D eigenvalue weighted by Gasteiger charge is -2.09. The first-order valence-corrected chi connectivity index (χ1v) is 7.73. The average Bonchev–Trinajstić information content (AvgIpc) is 2.55. The van der Waals surface area contributed by atoms with Crippen LogP contribution in [-0.2, 0) is 11.2 Å². The van der Waals surface area contributed by atoms with Gasteiger partial charge in [-0.3, -0.25) is 14.9 Å². The van der Waals surface area contributed by atoms with Crippen molar-refractivity contribution in [3.05, 3.63) is 68.7 Å². The fraction of sp³-hybridized carbons (Fsp3) is 0.235. The van der Waals surface area contributed by atoms with E-state index < -0.39 is 4.92 Å². The fourth-order valence-corrected chi connectivity index (χ4v) is 2.34. The van der Waals surface area contributed by atoms with E-state index in [1.807, 2.05) is 31.2 Å². The number of nitro groups is 1. The van der Waals surface area contributed by atoms with E-state index in [2.05, 4.69) is 5.32 Å². The lowest BCUT2D eigenvalue weighted by Crippen LogP contribution is -2.30. The topological polar surface area (TPSA) is 81.5 Å². The third-order valence-corrected chi connectivity index (χ3v) is 3.69. The molecule has 0 aliphatic carbocycles. The predicted molar refractivity (Wildman–Crippen MR) is 91.5 cm³/mol. The number of benzene rings is 2. The molecule has 2 aromatic carbocycles. The molecule has 126 valence electrons. The number of rotatable bonds is 7. The van der Waals surface area contributed by atoms with Crippen molar-refractivity contribution >= 4 is 23.2 Å². The Labute approximate surface area is 144 Å². The highest BCUT2D eigenvalue weighted by Gasteiger charge is 2.16. The van der Waals surface area contributed by atoms with Crippen LogP contribution in [0.3, 0.4) is 0 Å². The Morgan fingerprint density at radius 3 is 2.75 bits per heavy atom. The van der Waals surface area contributed by atoms with Crippen LogP contribution in [-0.4, -0.2) is 24.0 Å². The van der Waals surface area contributed by atoms with Gasteiger partial charge in [0.05, 0.1) is 4.92 Å². The van der Waals surface area contributed by atoms with Crippen LogP contribution in [0.25, 0.3) is 0 Å². The number of hydrogen-bond donors (Lipinski definition) is 1. The molecular formula is C17H17ClN2O4. The summed E-state index contributed by atoms with van der Waals surface area (Å²) in [6.45, 7) is 2.19. The summed E-state index contributed by atoms with van der Waals surface area (Å²) >= 11 is 5.72. The molecule has 0 aromatic heterocycles. The maximum Gasteiger partial charge on any atom is 0.312 e. The molecule has 0 radical (unpaired) electrons. The second-order valence-corrected chi connectivity index (χ2v) is 5.62. The van der Waals surface area contributed by atoms with Gasteiger partial charge in [0.2, 0.25) is 0 Å². The number of carbonyl (C=O) groups excluding carboxylic acids is 1. The van der Waals surface area contributed by atoms with Crippen LogP contribution in [0.2, 0.25) is 5.02 Å². The second-order valence-electron chi connectivity index (χ2n) is 5.18. The number of nitrogens with zero attached hydrogens (tertiary/aromatic N) is 1. The van der Waals surface area contributed by atoms with Crippen molar-refractivity contribution in [3.63, 3.8) is 0 Å². The van der Waals surface area contributed by atoms with Gasteiger partial charge in [0.25, 0.3) is 5.91 Å². The number of amides is 1. The summed E-state index contributed by atoms with van der Waals surface area (Å²) in [6, 6.07) is 12.0. The number of nitrogens with one attached hydrogen (secondary N) is 1. The first kappa shape index (κ1) is 17.7. The van der Waals surface area contributed by atoms with Crippen molar-refractivity contribution < 1.29 is 14.5 Å². The standard InChI is InChI=1S/C17H17ClN2O4/c1-12-4-2-3-5-13(12)8-9-19-17(21)11-24-16-7-6-14(18)10-15(16)20(22)23/h2-7,10H,8-9,11H2,1H3,(H,19,21). The Hall–Kier alpha value is -2.60. The van der Waals surface area contributed by atoms with Crippen molar-refractivity contribution in [2.45, 2.75) is 13.3 Å². The zero-order valence-electron chi connectivity index (χ0n) is 13.1. The lowest BCUT2D eigenvalue weighted by atomic mass is 10.1. The number of carbonyl (C=O) groups is 1. The Bertz CT molecular complexity index is 749. The van der Waals surface area contributed by atoms with Crippen molar-refractivity contribution in [2.75, 3.05) is 13.2 Å². The van der Waals surface area contributed by atoms with Crippen LogP contribution in [0.4, 0.5) is 5.69 Å². The summed E-state index contributed by atoms with van der Waals surface area (Å²) < 4.78 is 5.23. The molecule has 7 heteroatoms. The number of halogens is 1. The van der Waals surface area contributed by atoms with Gasteiger partial charge in [-0.05, 0) is 36.6 Å². The van der Waals surface area contributed by atoms with Crippen LogP contribution in [0, 0.1) is 17.0 Å². The molecule has 0 fully saturated rings. The molecule has 0 heterocycles. The molecule has 2 aromatic rings. The summed E-state index contributed by atoms with van der Waals surface area (Å²) in [5.41, 5.74) is 2.06. The summed E-state index contributed by atoms with van der Waals surface area (Å²) in [6.07, 6.45) is 0.708. The van der Waals surface area contributed by atoms with Gasteiger partial charge in [-0.25, -0.2) is 0 Å². The van der Waals surface area contributed by atoms with E-state index >= 15 is 0 Å². The Morgan fingerprint density at radius 2 is 2.04 bits per heavy atom. The number of aryl methyl sites for hydroxylation is 1. The average molecular weight is 349 g/mol. The van der Waals surface area contributed by atoms with Gasteiger partial charge in [0.15, 0.2) is 12.4 Å². The minimum atomic E-state index is -0.600. The molecule has 1 N–H and O–H groups in total. The molecule has 0 bridgehead atoms. The first-order valence-electron chi connectivity index (χ1n) is 7.35. The lowest BCUT2D eigenvalue weighted by molar-refractivity contribution is -0.385. The maximum absolute atomic E-state index is 11.8. The molecule has 6 nitrogen and oxygen atoms in total. The minimum absolute atomic E-state index is 0.0125. The summed E-state index contributed by atoms with van der Waals surface area (Å²) in [7, 11) is 0. The Balaban J connectivity index is 1.84. The van der Waals surface area contributed by atoms with E-state index in [1.165, 1.54) is 23.8 Å². The molecule has 0 spiro atoms. The molecule has 0 atom stereocenters. The van der Waals surface area contributed by atoms with Crippen LogP contribution in [0.5, 0.6) is 5.75 Å². The quantitative estimate of drug-likeness (QED) is 0.615. The Morgan fingerprint density at radius 1 is 1.29 bits per heavy atom. The van der Waals surface area contributed by atoms with Crippen molar-refractivity contribution in [3.8, 4) is 5.75 Å². The second kappa shape index (κ2) is 8.31. The summed E-state index contributed by atoms with van der Waals surface area (Å²) in [5, 5.41) is 13.9. The largest absolute Gasteiger partial charge is 0.477 e. The predicted octanol–water partition coefficient (Wildman–Crippen LogP) is 3.29. The van der Waals surface area contributed by atoms with Gasteiger partial charge < -0.3 is 10.1 Å². The van der Waals surface area contributed by atoms with E-state index in [9.17, 15) is 14.9 Å². The highest BCUT2D eigenvalue weighted by atomic mass is 35.5. The van der Waals surface area contributed by atoms with E-state index in [0.717, 1.165) is 5.56 Å². The maximum atomic E-state index is 11.8. The zero-order valence-corrected chi connectivity index (χ0v) is 13.9. The molecule has 1 amide bonds. The van der Waals surface area contributed by atoms with E-state index in [1.54, 1.807) is 0 Å². The molecule has 24 heavy (non-hydrogen) atoms.